The fourth-order valence-corrected chi connectivity index (χ4v) is 11.0. The van der Waals surface area contributed by atoms with Gasteiger partial charge >= 0.3 is 0 Å². The average molecular weight is 905 g/mol. The lowest BCUT2D eigenvalue weighted by atomic mass is 9.97. The van der Waals surface area contributed by atoms with Gasteiger partial charge in [0.2, 0.25) is 0 Å². The van der Waals surface area contributed by atoms with E-state index in [1.807, 2.05) is 6.07 Å². The van der Waals surface area contributed by atoms with Crippen LogP contribution in [-0.4, -0.2) is 4.57 Å². The molecule has 0 spiro atoms. The predicted octanol–water partition coefficient (Wildman–Crippen LogP) is 19.1. The minimum atomic E-state index is 0.886. The Kier molecular flexibility index (Phi) is 9.53. The lowest BCUT2D eigenvalue weighted by Crippen LogP contribution is -2.09. The topological polar surface area (TPSA) is 21.3 Å². The summed E-state index contributed by atoms with van der Waals surface area (Å²) in [6, 6.07) is 96.6. The highest BCUT2D eigenvalue weighted by atomic mass is 16.3. The zero-order chi connectivity index (χ0) is 46.8. The van der Waals surface area contributed by atoms with E-state index in [9.17, 15) is 0 Å². The first kappa shape index (κ1) is 40.6. The Labute approximate surface area is 411 Å². The second-order valence-electron chi connectivity index (χ2n) is 18.4. The predicted molar refractivity (Wildman–Crippen MR) is 299 cm³/mol. The van der Waals surface area contributed by atoms with Crippen molar-refractivity contribution in [3.63, 3.8) is 0 Å². The molecule has 3 heteroatoms. The van der Waals surface area contributed by atoms with E-state index >= 15 is 0 Å². The molecule has 0 fully saturated rings. The third-order valence-corrected chi connectivity index (χ3v) is 14.4. The van der Waals surface area contributed by atoms with E-state index in [2.05, 4.69) is 270 Å². The molecule has 0 atom stereocenters. The third-order valence-electron chi connectivity index (χ3n) is 14.4. The van der Waals surface area contributed by atoms with Crippen LogP contribution >= 0.6 is 0 Å². The van der Waals surface area contributed by atoms with Gasteiger partial charge in [-0.3, -0.25) is 0 Å². The molecule has 0 N–H and O–H groups in total. The van der Waals surface area contributed by atoms with Crippen LogP contribution in [0.2, 0.25) is 0 Å². The Hall–Kier alpha value is -9.44. The SMILES string of the molecule is c1ccc(-c2cccc3c2oc2ccc(-c4ccc(N(c5ccc(-c6ccc7ccc8ccccc8c7c6)cc5)c5ccc(-c6cccc7c6c6ccccc6n7-c6ccccc6)cc5)cc4)cc23)cc1. The monoisotopic (exact) mass is 904 g/mol. The molecule has 2 aromatic heterocycles. The minimum absolute atomic E-state index is 0.886. The van der Waals surface area contributed by atoms with Crippen molar-refractivity contribution in [3.05, 3.63) is 267 Å². The van der Waals surface area contributed by atoms with Crippen molar-refractivity contribution < 1.29 is 4.42 Å². The number of rotatable bonds is 8. The van der Waals surface area contributed by atoms with Gasteiger partial charge in [-0.2, -0.15) is 0 Å². The molecular formula is C68H44N2O. The molecule has 0 aliphatic rings. The second-order valence-corrected chi connectivity index (χ2v) is 18.4. The summed E-state index contributed by atoms with van der Waals surface area (Å²) >= 11 is 0. The van der Waals surface area contributed by atoms with E-state index in [0.717, 1.165) is 66.9 Å². The number of para-hydroxylation sites is 3. The van der Waals surface area contributed by atoms with Gasteiger partial charge in [0.1, 0.15) is 11.2 Å². The van der Waals surface area contributed by atoms with Crippen LogP contribution in [0.3, 0.4) is 0 Å². The molecule has 0 saturated carbocycles. The fourth-order valence-electron chi connectivity index (χ4n) is 11.0. The van der Waals surface area contributed by atoms with Crippen LogP contribution in [0.25, 0.3) is 115 Å². The van der Waals surface area contributed by atoms with Gasteiger partial charge in [-0.1, -0.05) is 188 Å². The summed E-state index contributed by atoms with van der Waals surface area (Å²) in [5, 5.41) is 9.76. The Balaban J connectivity index is 0.857. The van der Waals surface area contributed by atoms with Crippen LogP contribution < -0.4 is 4.90 Å². The molecule has 12 aromatic carbocycles. The standard InChI is InChI=1S/C68H44N2O/c1-3-13-47(14-4-1)59-21-11-22-60-63-44-52(35-42-66(63)71-68(59)60)46-31-38-55(39-32-46)69(54-36-29-45(30-37-54)51-28-27-50-26-25-48-15-7-8-18-57(48)62(50)43-51)56-40-33-49(34-41-56)58-20-12-24-65-67(58)61-19-9-10-23-64(61)70(65)53-16-5-2-6-17-53/h1-44H. The smallest absolute Gasteiger partial charge is 0.143 e. The average Bonchev–Trinajstić information content (AvgIpc) is 4.00. The third kappa shape index (κ3) is 6.89. The summed E-state index contributed by atoms with van der Waals surface area (Å²) < 4.78 is 8.92. The van der Waals surface area contributed by atoms with Crippen LogP contribution in [0, 0.1) is 0 Å². The molecule has 0 radical (unpaired) electrons. The second kappa shape index (κ2) is 16.7. The molecule has 14 rings (SSSR count). The number of benzene rings is 12. The van der Waals surface area contributed by atoms with Crippen molar-refractivity contribution >= 4 is 82.4 Å². The molecule has 71 heavy (non-hydrogen) atoms. The summed E-state index contributed by atoms with van der Waals surface area (Å²) in [4.78, 5) is 2.37. The summed E-state index contributed by atoms with van der Waals surface area (Å²) in [6.45, 7) is 0. The molecule has 2 heterocycles. The number of fused-ring (bicyclic) bond motifs is 9. The molecule has 3 nitrogen and oxygen atoms in total. The van der Waals surface area contributed by atoms with E-state index in [4.69, 9.17) is 4.42 Å². The number of hydrogen-bond donors (Lipinski definition) is 0. The van der Waals surface area contributed by atoms with Crippen molar-refractivity contribution in [2.75, 3.05) is 4.90 Å². The zero-order valence-electron chi connectivity index (χ0n) is 38.7. The normalized spacial score (nSPS) is 11.7. The van der Waals surface area contributed by atoms with Crippen LogP contribution in [-0.2, 0) is 0 Å². The largest absolute Gasteiger partial charge is 0.455 e. The van der Waals surface area contributed by atoms with Gasteiger partial charge in [0, 0.05) is 49.9 Å². The van der Waals surface area contributed by atoms with Crippen molar-refractivity contribution in [3.8, 4) is 50.2 Å². The minimum Gasteiger partial charge on any atom is -0.455 e. The maximum atomic E-state index is 6.54. The summed E-state index contributed by atoms with van der Waals surface area (Å²) in [6.07, 6.45) is 0. The number of hydrogen-bond acceptors (Lipinski definition) is 2. The molecule has 0 bridgehead atoms. The highest BCUT2D eigenvalue weighted by Gasteiger charge is 2.19. The Bertz CT molecular complexity index is 4300. The van der Waals surface area contributed by atoms with Gasteiger partial charge in [0.05, 0.1) is 11.0 Å². The quantitative estimate of drug-likeness (QED) is 0.142. The first-order chi connectivity index (χ1) is 35.2. The molecule has 14 aromatic rings. The first-order valence-corrected chi connectivity index (χ1v) is 24.3. The van der Waals surface area contributed by atoms with E-state index in [1.54, 1.807) is 0 Å². The zero-order valence-corrected chi connectivity index (χ0v) is 38.7. The highest BCUT2D eigenvalue weighted by Crippen LogP contribution is 2.43. The Morgan fingerprint density at radius 1 is 0.296 bits per heavy atom. The fraction of sp³-hybridized carbons (Fsp3) is 0. The van der Waals surface area contributed by atoms with E-state index in [0.29, 0.717) is 0 Å². The van der Waals surface area contributed by atoms with Crippen LogP contribution in [0.1, 0.15) is 0 Å². The molecule has 0 aliphatic carbocycles. The van der Waals surface area contributed by atoms with Gasteiger partial charge in [-0.05, 0) is 139 Å². The van der Waals surface area contributed by atoms with Crippen molar-refractivity contribution in [2.45, 2.75) is 0 Å². The number of nitrogens with zero attached hydrogens (tertiary/aromatic N) is 2. The number of anilines is 3. The lowest BCUT2D eigenvalue weighted by molar-refractivity contribution is 0.670. The van der Waals surface area contributed by atoms with E-state index in [-0.39, 0.29) is 0 Å². The lowest BCUT2D eigenvalue weighted by Gasteiger charge is -2.26. The molecule has 0 amide bonds. The van der Waals surface area contributed by atoms with Crippen molar-refractivity contribution in [1.82, 2.24) is 4.57 Å². The van der Waals surface area contributed by atoms with Gasteiger partial charge in [0.15, 0.2) is 0 Å². The maximum Gasteiger partial charge on any atom is 0.143 e. The first-order valence-electron chi connectivity index (χ1n) is 24.3. The maximum absolute atomic E-state index is 6.54. The summed E-state index contributed by atoms with van der Waals surface area (Å²) in [5.41, 5.74) is 17.9. The molecule has 0 aliphatic heterocycles. The molecule has 332 valence electrons. The molecular weight excluding hydrogens is 861 g/mol. The van der Waals surface area contributed by atoms with Gasteiger partial charge in [-0.15, -0.1) is 0 Å². The van der Waals surface area contributed by atoms with E-state index < -0.39 is 0 Å². The van der Waals surface area contributed by atoms with Crippen LogP contribution in [0.4, 0.5) is 17.1 Å². The van der Waals surface area contributed by atoms with Crippen molar-refractivity contribution in [1.29, 1.82) is 0 Å². The summed E-state index contributed by atoms with van der Waals surface area (Å²) in [7, 11) is 0. The highest BCUT2D eigenvalue weighted by molar-refractivity contribution is 6.16. The number of furan rings is 1. The van der Waals surface area contributed by atoms with Gasteiger partial charge in [-0.25, -0.2) is 0 Å². The Morgan fingerprint density at radius 3 is 1.51 bits per heavy atom. The van der Waals surface area contributed by atoms with Crippen LogP contribution in [0.15, 0.2) is 271 Å². The van der Waals surface area contributed by atoms with E-state index in [1.165, 1.54) is 65.6 Å². The van der Waals surface area contributed by atoms with Crippen LogP contribution in [0.5, 0.6) is 0 Å². The van der Waals surface area contributed by atoms with Gasteiger partial charge in [0.25, 0.3) is 0 Å². The molecule has 0 unspecified atom stereocenters. The van der Waals surface area contributed by atoms with Crippen molar-refractivity contribution in [2.24, 2.45) is 0 Å². The summed E-state index contributed by atoms with van der Waals surface area (Å²) in [5.74, 6) is 0. The van der Waals surface area contributed by atoms with Gasteiger partial charge < -0.3 is 13.9 Å². The number of aromatic nitrogens is 1. The molecule has 0 saturated heterocycles. The Morgan fingerprint density at radius 2 is 0.789 bits per heavy atom.